The number of rotatable bonds is 4. The van der Waals surface area contributed by atoms with E-state index in [1.165, 1.54) is 23.5 Å². The fourth-order valence-electron chi connectivity index (χ4n) is 4.00. The van der Waals surface area contributed by atoms with E-state index in [-0.39, 0.29) is 11.9 Å². The first-order valence-electron chi connectivity index (χ1n) is 10.0. The molecule has 4 aromatic heterocycles. The SMILES string of the molecule is CCC1c2nncn2-c2cnc(-c3cn[nH]c3-c3nccs3)nc2N1c1ccc(F)cc1. The zero-order valence-electron chi connectivity index (χ0n) is 16.8. The van der Waals surface area contributed by atoms with Gasteiger partial charge in [0.05, 0.1) is 24.0 Å². The van der Waals surface area contributed by atoms with Crippen molar-refractivity contribution < 1.29 is 4.39 Å². The molecule has 0 aliphatic carbocycles. The van der Waals surface area contributed by atoms with Gasteiger partial charge >= 0.3 is 0 Å². The van der Waals surface area contributed by atoms with E-state index in [0.717, 1.165) is 39.9 Å². The van der Waals surface area contributed by atoms with Crippen LogP contribution in [0.4, 0.5) is 15.9 Å². The first kappa shape index (κ1) is 18.8. The second kappa shape index (κ2) is 7.31. The van der Waals surface area contributed by atoms with Crippen LogP contribution in [0, 0.1) is 5.82 Å². The molecule has 0 radical (unpaired) electrons. The molecule has 9 nitrogen and oxygen atoms in total. The molecule has 0 spiro atoms. The van der Waals surface area contributed by atoms with E-state index in [0.29, 0.717) is 11.6 Å². The first-order chi connectivity index (χ1) is 15.7. The molecule has 158 valence electrons. The normalized spacial score (nSPS) is 14.9. The van der Waals surface area contributed by atoms with Crippen molar-refractivity contribution >= 4 is 22.8 Å². The number of aromatic nitrogens is 8. The highest BCUT2D eigenvalue weighted by Crippen LogP contribution is 2.43. The Labute approximate surface area is 185 Å². The fourth-order valence-corrected chi connectivity index (χ4v) is 4.64. The van der Waals surface area contributed by atoms with E-state index >= 15 is 0 Å². The monoisotopic (exact) mass is 445 g/mol. The standard InChI is InChI=1S/C21H16FN9S/c1-2-15-20-29-26-11-30(20)16-10-24-18(14-9-25-28-17(14)21-23-7-8-32-21)27-19(16)31(15)13-5-3-12(22)4-6-13/h3-11,15H,2H2,1H3,(H,25,28). The first-order valence-corrected chi connectivity index (χ1v) is 10.9. The van der Waals surface area contributed by atoms with Gasteiger partial charge in [0.15, 0.2) is 17.5 Å². The number of nitrogens with zero attached hydrogens (tertiary/aromatic N) is 8. The van der Waals surface area contributed by atoms with E-state index in [1.807, 2.05) is 9.95 Å². The van der Waals surface area contributed by atoms with E-state index in [1.54, 1.807) is 37.1 Å². The molecule has 0 fully saturated rings. The molecule has 0 amide bonds. The Hall–Kier alpha value is -3.99. The molecule has 6 rings (SSSR count). The third-order valence-electron chi connectivity index (χ3n) is 5.44. The molecule has 1 aliphatic rings. The third kappa shape index (κ3) is 2.82. The highest BCUT2D eigenvalue weighted by atomic mass is 32.1. The summed E-state index contributed by atoms with van der Waals surface area (Å²) < 4.78 is 15.6. The highest BCUT2D eigenvalue weighted by molar-refractivity contribution is 7.13. The molecule has 1 aliphatic heterocycles. The maximum absolute atomic E-state index is 13.7. The van der Waals surface area contributed by atoms with Crippen molar-refractivity contribution in [1.82, 2.24) is 39.9 Å². The summed E-state index contributed by atoms with van der Waals surface area (Å²) in [6.07, 6.45) is 7.62. The number of halogens is 1. The minimum absolute atomic E-state index is 0.124. The third-order valence-corrected chi connectivity index (χ3v) is 6.23. The molecule has 0 saturated heterocycles. The Bertz CT molecular complexity index is 1390. The lowest BCUT2D eigenvalue weighted by molar-refractivity contribution is 0.588. The lowest BCUT2D eigenvalue weighted by atomic mass is 10.1. The Kier molecular flexibility index (Phi) is 4.28. The van der Waals surface area contributed by atoms with Gasteiger partial charge < -0.3 is 4.90 Å². The van der Waals surface area contributed by atoms with Crippen molar-refractivity contribution in [3.63, 3.8) is 0 Å². The summed E-state index contributed by atoms with van der Waals surface area (Å²) in [6.45, 7) is 2.07. The molecule has 1 N–H and O–H groups in total. The van der Waals surface area contributed by atoms with Crippen LogP contribution in [0.3, 0.4) is 0 Å². The molecule has 5 heterocycles. The second-order valence-electron chi connectivity index (χ2n) is 7.23. The molecular weight excluding hydrogens is 429 g/mol. The van der Waals surface area contributed by atoms with Crippen LogP contribution in [0.1, 0.15) is 25.2 Å². The van der Waals surface area contributed by atoms with Crippen LogP contribution in [0.2, 0.25) is 0 Å². The quantitative estimate of drug-likeness (QED) is 0.440. The van der Waals surface area contributed by atoms with E-state index in [2.05, 4.69) is 42.2 Å². The molecule has 11 heteroatoms. The number of H-pyrrole nitrogens is 1. The van der Waals surface area contributed by atoms with Crippen molar-refractivity contribution in [1.29, 1.82) is 0 Å². The number of hydrogen-bond acceptors (Lipinski definition) is 8. The topological polar surface area (TPSA) is 101 Å². The Morgan fingerprint density at radius 3 is 2.81 bits per heavy atom. The van der Waals surface area contributed by atoms with Gasteiger partial charge in [0.1, 0.15) is 28.5 Å². The smallest absolute Gasteiger partial charge is 0.165 e. The molecule has 5 aromatic rings. The van der Waals surface area contributed by atoms with E-state index < -0.39 is 0 Å². The summed E-state index contributed by atoms with van der Waals surface area (Å²) in [5, 5.41) is 18.4. The molecule has 1 atom stereocenters. The van der Waals surface area contributed by atoms with Gasteiger partial charge in [0, 0.05) is 17.3 Å². The predicted octanol–water partition coefficient (Wildman–Crippen LogP) is 4.31. The number of benzene rings is 1. The number of anilines is 2. The van der Waals surface area contributed by atoms with Gasteiger partial charge in [-0.05, 0) is 30.7 Å². The van der Waals surface area contributed by atoms with Crippen molar-refractivity contribution in [2.45, 2.75) is 19.4 Å². The Balaban J connectivity index is 1.56. The van der Waals surface area contributed by atoms with Crippen LogP contribution >= 0.6 is 11.3 Å². The summed E-state index contributed by atoms with van der Waals surface area (Å²) in [5.41, 5.74) is 3.08. The number of fused-ring (bicyclic) bond motifs is 3. The van der Waals surface area contributed by atoms with E-state index in [9.17, 15) is 4.39 Å². The number of hydrogen-bond donors (Lipinski definition) is 1. The minimum Gasteiger partial charge on any atom is -0.314 e. The van der Waals surface area contributed by atoms with Gasteiger partial charge in [-0.1, -0.05) is 6.92 Å². The van der Waals surface area contributed by atoms with Crippen LogP contribution in [0.25, 0.3) is 27.8 Å². The van der Waals surface area contributed by atoms with Crippen LogP contribution in [-0.4, -0.2) is 39.9 Å². The molecule has 32 heavy (non-hydrogen) atoms. The largest absolute Gasteiger partial charge is 0.314 e. The summed E-state index contributed by atoms with van der Waals surface area (Å²) >= 11 is 1.51. The summed E-state index contributed by atoms with van der Waals surface area (Å²) in [5.74, 6) is 1.69. The van der Waals surface area contributed by atoms with Crippen LogP contribution in [0.5, 0.6) is 0 Å². The van der Waals surface area contributed by atoms with Gasteiger partial charge in [-0.25, -0.2) is 19.3 Å². The maximum Gasteiger partial charge on any atom is 0.165 e. The molecule has 0 saturated carbocycles. The number of nitrogens with one attached hydrogen (secondary N) is 1. The van der Waals surface area contributed by atoms with Gasteiger partial charge in [0.2, 0.25) is 0 Å². The van der Waals surface area contributed by atoms with Crippen molar-refractivity contribution in [2.75, 3.05) is 4.90 Å². The van der Waals surface area contributed by atoms with Crippen LogP contribution < -0.4 is 4.90 Å². The van der Waals surface area contributed by atoms with Crippen molar-refractivity contribution in [3.8, 4) is 27.8 Å². The summed E-state index contributed by atoms with van der Waals surface area (Å²) in [6, 6.07) is 6.25. The molecule has 1 aromatic carbocycles. The fraction of sp³-hybridized carbons (Fsp3) is 0.143. The zero-order valence-corrected chi connectivity index (χ0v) is 17.7. The van der Waals surface area contributed by atoms with Crippen LogP contribution in [-0.2, 0) is 0 Å². The van der Waals surface area contributed by atoms with Gasteiger partial charge in [0.25, 0.3) is 0 Å². The lowest BCUT2D eigenvalue weighted by Gasteiger charge is -2.36. The molecular formula is C21H16FN9S. The van der Waals surface area contributed by atoms with Crippen molar-refractivity contribution in [3.05, 3.63) is 66.2 Å². The highest BCUT2D eigenvalue weighted by Gasteiger charge is 2.35. The van der Waals surface area contributed by atoms with Crippen LogP contribution in [0.15, 0.2) is 54.6 Å². The molecule has 0 bridgehead atoms. The number of aromatic amines is 1. The zero-order chi connectivity index (χ0) is 21.7. The summed E-state index contributed by atoms with van der Waals surface area (Å²) in [7, 11) is 0. The van der Waals surface area contributed by atoms with Gasteiger partial charge in [-0.3, -0.25) is 9.67 Å². The van der Waals surface area contributed by atoms with Crippen molar-refractivity contribution in [2.24, 2.45) is 0 Å². The minimum atomic E-state index is -0.294. The van der Waals surface area contributed by atoms with E-state index in [4.69, 9.17) is 4.98 Å². The molecule has 1 unspecified atom stereocenters. The average Bonchev–Trinajstić information content (AvgIpc) is 3.59. The summed E-state index contributed by atoms with van der Waals surface area (Å²) in [4.78, 5) is 16.0. The van der Waals surface area contributed by atoms with Gasteiger partial charge in [-0.15, -0.1) is 21.5 Å². The number of thiazole rings is 1. The Morgan fingerprint density at radius 2 is 2.03 bits per heavy atom. The maximum atomic E-state index is 13.7. The Morgan fingerprint density at radius 1 is 1.16 bits per heavy atom. The second-order valence-corrected chi connectivity index (χ2v) is 8.12. The lowest BCUT2D eigenvalue weighted by Crippen LogP contribution is -2.32. The predicted molar refractivity (Wildman–Crippen MR) is 117 cm³/mol. The average molecular weight is 445 g/mol. The van der Waals surface area contributed by atoms with Gasteiger partial charge in [-0.2, -0.15) is 5.10 Å².